The van der Waals surface area contributed by atoms with E-state index in [0.29, 0.717) is 11.8 Å². The smallest absolute Gasteiger partial charge is 0.0651 e. The van der Waals surface area contributed by atoms with Crippen LogP contribution in [0.25, 0.3) is 10.9 Å². The maximum Gasteiger partial charge on any atom is 0.0651 e. The Morgan fingerprint density at radius 1 is 0.525 bits per heavy atom. The standard InChI is InChI=1S/C37H35N3/c1-5-13-29(14-6-1)35(30-15-7-2-8-16-30)23-25-40(34-21-22-37-33(27-34)28-38-39-37)26-24-36(31-17-9-3-10-18-31)32-19-11-4-12-20-32/h1-22,27-28,35-36H,23-26H2,(H,38,39). The largest absolute Gasteiger partial charge is 0.371 e. The van der Waals surface area contributed by atoms with Crippen molar-refractivity contribution in [1.29, 1.82) is 0 Å². The first-order valence-corrected chi connectivity index (χ1v) is 14.2. The van der Waals surface area contributed by atoms with E-state index >= 15 is 0 Å². The molecule has 3 nitrogen and oxygen atoms in total. The van der Waals surface area contributed by atoms with Crippen LogP contribution in [0, 0.1) is 0 Å². The summed E-state index contributed by atoms with van der Waals surface area (Å²) < 4.78 is 0. The van der Waals surface area contributed by atoms with E-state index in [4.69, 9.17) is 0 Å². The van der Waals surface area contributed by atoms with Crippen molar-refractivity contribution in [2.45, 2.75) is 24.7 Å². The Hall–Kier alpha value is -4.63. The van der Waals surface area contributed by atoms with Crippen molar-refractivity contribution < 1.29 is 0 Å². The van der Waals surface area contributed by atoms with Gasteiger partial charge in [-0.05, 0) is 53.3 Å². The van der Waals surface area contributed by atoms with Crippen molar-refractivity contribution in [1.82, 2.24) is 10.2 Å². The summed E-state index contributed by atoms with van der Waals surface area (Å²) in [4.78, 5) is 2.57. The zero-order chi connectivity index (χ0) is 27.0. The van der Waals surface area contributed by atoms with Crippen LogP contribution in [-0.4, -0.2) is 23.3 Å². The third-order valence-corrected chi connectivity index (χ3v) is 7.97. The lowest BCUT2D eigenvalue weighted by Crippen LogP contribution is -2.28. The molecule has 1 N–H and O–H groups in total. The number of nitrogens with one attached hydrogen (secondary N) is 1. The highest BCUT2D eigenvalue weighted by atomic mass is 15.1. The Bertz CT molecular complexity index is 1430. The number of hydrogen-bond donors (Lipinski definition) is 1. The molecule has 0 atom stereocenters. The van der Waals surface area contributed by atoms with Gasteiger partial charge in [-0.2, -0.15) is 5.10 Å². The first-order chi connectivity index (χ1) is 19.8. The highest BCUT2D eigenvalue weighted by molar-refractivity contribution is 5.82. The molecular formula is C37H35N3. The maximum absolute atomic E-state index is 4.27. The third-order valence-electron chi connectivity index (χ3n) is 7.97. The van der Waals surface area contributed by atoms with Crippen LogP contribution in [0.2, 0.25) is 0 Å². The first kappa shape index (κ1) is 25.6. The summed E-state index contributed by atoms with van der Waals surface area (Å²) in [5.41, 5.74) is 7.78. The molecule has 0 saturated heterocycles. The molecule has 198 valence electrons. The number of aromatic nitrogens is 2. The number of anilines is 1. The normalized spacial score (nSPS) is 11.3. The first-order valence-electron chi connectivity index (χ1n) is 14.2. The van der Waals surface area contributed by atoms with Crippen molar-refractivity contribution >= 4 is 16.6 Å². The molecule has 0 unspecified atom stereocenters. The molecule has 5 aromatic carbocycles. The lowest BCUT2D eigenvalue weighted by Gasteiger charge is -2.30. The number of H-pyrrole nitrogens is 1. The Morgan fingerprint density at radius 3 is 1.38 bits per heavy atom. The van der Waals surface area contributed by atoms with Gasteiger partial charge in [-0.15, -0.1) is 0 Å². The molecule has 0 aliphatic carbocycles. The zero-order valence-corrected chi connectivity index (χ0v) is 22.7. The van der Waals surface area contributed by atoms with Gasteiger partial charge in [-0.25, -0.2) is 0 Å². The molecule has 0 spiro atoms. The van der Waals surface area contributed by atoms with Crippen LogP contribution in [0.5, 0.6) is 0 Å². The summed E-state index contributed by atoms with van der Waals surface area (Å²) in [7, 11) is 0. The quantitative estimate of drug-likeness (QED) is 0.185. The summed E-state index contributed by atoms with van der Waals surface area (Å²) in [6.07, 6.45) is 3.97. The molecule has 1 heterocycles. The van der Waals surface area contributed by atoms with Crippen LogP contribution in [0.15, 0.2) is 146 Å². The molecule has 1 aromatic heterocycles. The minimum absolute atomic E-state index is 0.335. The lowest BCUT2D eigenvalue weighted by atomic mass is 9.87. The Labute approximate surface area is 237 Å². The van der Waals surface area contributed by atoms with E-state index in [9.17, 15) is 0 Å². The average Bonchev–Trinajstić information content (AvgIpc) is 3.51. The van der Waals surface area contributed by atoms with Crippen molar-refractivity contribution in [3.8, 4) is 0 Å². The molecule has 0 aliphatic rings. The van der Waals surface area contributed by atoms with Crippen molar-refractivity contribution in [3.63, 3.8) is 0 Å². The Balaban J connectivity index is 1.30. The number of hydrogen-bond acceptors (Lipinski definition) is 2. The molecule has 6 aromatic rings. The summed E-state index contributed by atoms with van der Waals surface area (Å²) in [6.45, 7) is 1.90. The predicted octanol–water partition coefficient (Wildman–Crippen LogP) is 8.81. The van der Waals surface area contributed by atoms with Crippen molar-refractivity contribution in [3.05, 3.63) is 168 Å². The second kappa shape index (κ2) is 12.5. The SMILES string of the molecule is c1ccc(C(CCN(CCC(c2ccccc2)c2ccccc2)c2ccc3[nH]ncc3c2)c2ccccc2)cc1. The van der Waals surface area contributed by atoms with Crippen LogP contribution >= 0.6 is 0 Å². The number of aromatic amines is 1. The Kier molecular flexibility index (Phi) is 8.00. The van der Waals surface area contributed by atoms with E-state index in [1.54, 1.807) is 0 Å². The second-order valence-corrected chi connectivity index (χ2v) is 10.5. The molecular weight excluding hydrogens is 486 g/mol. The van der Waals surface area contributed by atoms with E-state index < -0.39 is 0 Å². The average molecular weight is 522 g/mol. The molecule has 6 rings (SSSR count). The van der Waals surface area contributed by atoms with E-state index in [0.717, 1.165) is 36.8 Å². The third kappa shape index (κ3) is 6.00. The van der Waals surface area contributed by atoms with Gasteiger partial charge in [0.25, 0.3) is 0 Å². The van der Waals surface area contributed by atoms with Gasteiger partial charge >= 0.3 is 0 Å². The number of nitrogens with zero attached hydrogens (tertiary/aromatic N) is 2. The second-order valence-electron chi connectivity index (χ2n) is 10.5. The fourth-order valence-corrected chi connectivity index (χ4v) is 5.86. The highest BCUT2D eigenvalue weighted by Gasteiger charge is 2.20. The van der Waals surface area contributed by atoms with Gasteiger partial charge in [0.2, 0.25) is 0 Å². The maximum atomic E-state index is 4.27. The molecule has 3 heteroatoms. The number of rotatable bonds is 11. The fraction of sp³-hybridized carbons (Fsp3) is 0.162. The molecule has 0 saturated carbocycles. The van der Waals surface area contributed by atoms with Crippen LogP contribution < -0.4 is 4.90 Å². The van der Waals surface area contributed by atoms with Gasteiger partial charge in [-0.1, -0.05) is 121 Å². The topological polar surface area (TPSA) is 31.9 Å². The lowest BCUT2D eigenvalue weighted by molar-refractivity contribution is 0.630. The van der Waals surface area contributed by atoms with Crippen LogP contribution in [0.4, 0.5) is 5.69 Å². The molecule has 0 fully saturated rings. The number of benzene rings is 5. The summed E-state index contributed by atoms with van der Waals surface area (Å²) in [6, 6.07) is 50.4. The van der Waals surface area contributed by atoms with E-state index in [-0.39, 0.29) is 0 Å². The summed E-state index contributed by atoms with van der Waals surface area (Å²) in [5.74, 6) is 0.670. The van der Waals surface area contributed by atoms with Gasteiger partial charge in [0.05, 0.1) is 11.7 Å². The van der Waals surface area contributed by atoms with Gasteiger partial charge < -0.3 is 4.90 Å². The summed E-state index contributed by atoms with van der Waals surface area (Å²) >= 11 is 0. The van der Waals surface area contributed by atoms with Crippen molar-refractivity contribution in [2.24, 2.45) is 0 Å². The zero-order valence-electron chi connectivity index (χ0n) is 22.7. The van der Waals surface area contributed by atoms with E-state index in [1.165, 1.54) is 27.9 Å². The highest BCUT2D eigenvalue weighted by Crippen LogP contribution is 2.32. The number of fused-ring (bicyclic) bond motifs is 1. The minimum Gasteiger partial charge on any atom is -0.371 e. The van der Waals surface area contributed by atoms with Gasteiger partial charge in [0, 0.05) is 36.0 Å². The fourth-order valence-electron chi connectivity index (χ4n) is 5.86. The van der Waals surface area contributed by atoms with Gasteiger partial charge in [-0.3, -0.25) is 5.10 Å². The molecule has 0 amide bonds. The van der Waals surface area contributed by atoms with Gasteiger partial charge in [0.15, 0.2) is 0 Å². The van der Waals surface area contributed by atoms with Crippen LogP contribution in [0.1, 0.15) is 46.9 Å². The van der Waals surface area contributed by atoms with Crippen LogP contribution in [0.3, 0.4) is 0 Å². The molecule has 0 aliphatic heterocycles. The van der Waals surface area contributed by atoms with Crippen LogP contribution in [-0.2, 0) is 0 Å². The summed E-state index contributed by atoms with van der Waals surface area (Å²) in [5, 5.41) is 8.52. The van der Waals surface area contributed by atoms with E-state index in [2.05, 4.69) is 155 Å². The molecule has 40 heavy (non-hydrogen) atoms. The Morgan fingerprint density at radius 2 is 0.950 bits per heavy atom. The molecule has 0 radical (unpaired) electrons. The molecule has 0 bridgehead atoms. The van der Waals surface area contributed by atoms with E-state index in [1.807, 2.05) is 6.20 Å². The monoisotopic (exact) mass is 521 g/mol. The minimum atomic E-state index is 0.335. The predicted molar refractivity (Wildman–Crippen MR) is 167 cm³/mol. The van der Waals surface area contributed by atoms with Gasteiger partial charge in [0.1, 0.15) is 0 Å². The van der Waals surface area contributed by atoms with Crippen molar-refractivity contribution in [2.75, 3.05) is 18.0 Å².